The Hall–Kier alpha value is -1.94. The van der Waals surface area contributed by atoms with E-state index >= 15 is 0 Å². The van der Waals surface area contributed by atoms with Crippen LogP contribution in [0, 0.1) is 11.6 Å². The highest BCUT2D eigenvalue weighted by atomic mass is 19.1. The van der Waals surface area contributed by atoms with Crippen molar-refractivity contribution in [2.45, 2.75) is 26.2 Å². The lowest BCUT2D eigenvalue weighted by Gasteiger charge is -2.11. The molecule has 0 aliphatic carbocycles. The fourth-order valence-electron chi connectivity index (χ4n) is 2.06. The minimum atomic E-state index is -0.716. The topological polar surface area (TPSA) is 35.2 Å². The van der Waals surface area contributed by atoms with Crippen LogP contribution in [-0.2, 0) is 6.42 Å². The first-order valence-corrected chi connectivity index (χ1v) is 6.97. The van der Waals surface area contributed by atoms with Crippen molar-refractivity contribution in [2.75, 3.05) is 6.54 Å². The van der Waals surface area contributed by atoms with E-state index in [2.05, 4.69) is 13.8 Å². The average Bonchev–Trinajstić information content (AvgIpc) is 2.44. The molecular formula is C17H19F2NO. The zero-order valence-corrected chi connectivity index (χ0v) is 12.2. The van der Waals surface area contributed by atoms with E-state index in [0.29, 0.717) is 30.2 Å². The summed E-state index contributed by atoms with van der Waals surface area (Å²) in [7, 11) is 0. The van der Waals surface area contributed by atoms with Gasteiger partial charge in [-0.2, -0.15) is 0 Å². The van der Waals surface area contributed by atoms with Gasteiger partial charge in [0.25, 0.3) is 0 Å². The smallest absolute Gasteiger partial charge is 0.198 e. The second-order valence-electron chi connectivity index (χ2n) is 5.25. The fraction of sp³-hybridized carbons (Fsp3) is 0.294. The molecule has 0 fully saturated rings. The summed E-state index contributed by atoms with van der Waals surface area (Å²) in [4.78, 5) is 0. The maximum absolute atomic E-state index is 13.9. The molecule has 2 rings (SSSR count). The first kappa shape index (κ1) is 15.4. The van der Waals surface area contributed by atoms with Crippen molar-refractivity contribution >= 4 is 0 Å². The van der Waals surface area contributed by atoms with Crippen LogP contribution in [0.3, 0.4) is 0 Å². The Morgan fingerprint density at radius 3 is 2.10 bits per heavy atom. The van der Waals surface area contributed by atoms with E-state index in [-0.39, 0.29) is 5.75 Å². The lowest BCUT2D eigenvalue weighted by Crippen LogP contribution is -2.04. The zero-order valence-electron chi connectivity index (χ0n) is 12.2. The Bertz CT molecular complexity index is 586. The maximum atomic E-state index is 13.9. The predicted molar refractivity (Wildman–Crippen MR) is 79.7 cm³/mol. The van der Waals surface area contributed by atoms with Gasteiger partial charge in [0.2, 0.25) is 0 Å². The molecule has 0 unspecified atom stereocenters. The van der Waals surface area contributed by atoms with E-state index < -0.39 is 11.6 Å². The van der Waals surface area contributed by atoms with Crippen LogP contribution in [0.25, 0.3) is 0 Å². The number of nitrogens with two attached hydrogens (primary N) is 1. The third-order valence-corrected chi connectivity index (χ3v) is 3.26. The molecule has 2 aromatic carbocycles. The molecule has 0 saturated heterocycles. The fourth-order valence-corrected chi connectivity index (χ4v) is 2.06. The molecule has 21 heavy (non-hydrogen) atoms. The van der Waals surface area contributed by atoms with Gasteiger partial charge >= 0.3 is 0 Å². The summed E-state index contributed by atoms with van der Waals surface area (Å²) < 4.78 is 33.2. The van der Waals surface area contributed by atoms with Crippen molar-refractivity contribution in [3.05, 3.63) is 59.2 Å². The number of benzene rings is 2. The SMILES string of the molecule is CC(C)c1ccc(Oc2c(F)cc(CCN)cc2F)cc1. The molecule has 4 heteroatoms. The van der Waals surface area contributed by atoms with Gasteiger partial charge in [-0.05, 0) is 54.3 Å². The molecule has 0 spiro atoms. The molecule has 0 saturated carbocycles. The third kappa shape index (κ3) is 3.79. The van der Waals surface area contributed by atoms with Gasteiger partial charge in [0.05, 0.1) is 0 Å². The minimum Gasteiger partial charge on any atom is -0.451 e. The van der Waals surface area contributed by atoms with Gasteiger partial charge in [-0.25, -0.2) is 8.78 Å². The summed E-state index contributed by atoms with van der Waals surface area (Å²) in [5.41, 5.74) is 7.05. The van der Waals surface area contributed by atoms with Crippen molar-refractivity contribution in [3.8, 4) is 11.5 Å². The Morgan fingerprint density at radius 2 is 1.62 bits per heavy atom. The Morgan fingerprint density at radius 1 is 1.05 bits per heavy atom. The van der Waals surface area contributed by atoms with Gasteiger partial charge in [-0.15, -0.1) is 0 Å². The molecule has 0 bridgehead atoms. The molecule has 0 heterocycles. The minimum absolute atomic E-state index is 0.343. The molecule has 0 aliphatic heterocycles. The van der Waals surface area contributed by atoms with E-state index in [1.54, 1.807) is 12.1 Å². The summed E-state index contributed by atoms with van der Waals surface area (Å²) in [6.07, 6.45) is 0.428. The molecule has 2 nitrogen and oxygen atoms in total. The summed E-state index contributed by atoms with van der Waals surface area (Å²) in [6, 6.07) is 9.71. The van der Waals surface area contributed by atoms with Gasteiger partial charge in [-0.1, -0.05) is 26.0 Å². The van der Waals surface area contributed by atoms with E-state index in [1.165, 1.54) is 12.1 Å². The molecule has 112 valence electrons. The van der Waals surface area contributed by atoms with E-state index in [1.807, 2.05) is 12.1 Å². The van der Waals surface area contributed by atoms with Gasteiger partial charge in [-0.3, -0.25) is 0 Å². The van der Waals surface area contributed by atoms with Crippen LogP contribution >= 0.6 is 0 Å². The van der Waals surface area contributed by atoms with Crippen molar-refractivity contribution in [2.24, 2.45) is 5.73 Å². The number of hydrogen-bond acceptors (Lipinski definition) is 2. The standard InChI is InChI=1S/C17H19F2NO/c1-11(2)13-3-5-14(6-4-13)21-17-15(18)9-12(7-8-20)10-16(17)19/h3-6,9-11H,7-8,20H2,1-2H3. The number of halogens is 2. The normalized spacial score (nSPS) is 11.0. The van der Waals surface area contributed by atoms with Gasteiger partial charge in [0.1, 0.15) is 5.75 Å². The second-order valence-corrected chi connectivity index (χ2v) is 5.25. The zero-order chi connectivity index (χ0) is 15.4. The first-order chi connectivity index (χ1) is 10.0. The second kappa shape index (κ2) is 6.68. The van der Waals surface area contributed by atoms with Gasteiger partial charge in [0, 0.05) is 0 Å². The Labute approximate surface area is 123 Å². The van der Waals surface area contributed by atoms with Crippen LogP contribution in [-0.4, -0.2) is 6.54 Å². The highest BCUT2D eigenvalue weighted by molar-refractivity contribution is 5.37. The van der Waals surface area contributed by atoms with Crippen LogP contribution in [0.15, 0.2) is 36.4 Å². The van der Waals surface area contributed by atoms with Crippen LogP contribution in [0.4, 0.5) is 8.78 Å². The number of ether oxygens (including phenoxy) is 1. The number of rotatable bonds is 5. The van der Waals surface area contributed by atoms with Crippen molar-refractivity contribution in [1.82, 2.24) is 0 Å². The Balaban J connectivity index is 2.23. The lowest BCUT2D eigenvalue weighted by molar-refractivity contribution is 0.406. The van der Waals surface area contributed by atoms with Crippen LogP contribution in [0.1, 0.15) is 30.9 Å². The molecule has 0 aliphatic rings. The summed E-state index contributed by atoms with van der Waals surface area (Å²) >= 11 is 0. The van der Waals surface area contributed by atoms with Crippen molar-refractivity contribution in [3.63, 3.8) is 0 Å². The summed E-state index contributed by atoms with van der Waals surface area (Å²) in [5, 5.41) is 0. The summed E-state index contributed by atoms with van der Waals surface area (Å²) in [6.45, 7) is 4.49. The van der Waals surface area contributed by atoms with E-state index in [0.717, 1.165) is 5.56 Å². The largest absolute Gasteiger partial charge is 0.451 e. The highest BCUT2D eigenvalue weighted by Crippen LogP contribution is 2.29. The van der Waals surface area contributed by atoms with Crippen LogP contribution in [0.5, 0.6) is 11.5 Å². The van der Waals surface area contributed by atoms with Crippen LogP contribution < -0.4 is 10.5 Å². The molecule has 2 aromatic rings. The van der Waals surface area contributed by atoms with Crippen molar-refractivity contribution < 1.29 is 13.5 Å². The molecule has 0 aromatic heterocycles. The molecule has 0 radical (unpaired) electrons. The maximum Gasteiger partial charge on any atom is 0.198 e. The third-order valence-electron chi connectivity index (χ3n) is 3.26. The monoisotopic (exact) mass is 291 g/mol. The quantitative estimate of drug-likeness (QED) is 0.887. The summed E-state index contributed by atoms with van der Waals surface area (Å²) in [5.74, 6) is -1.02. The first-order valence-electron chi connectivity index (χ1n) is 6.97. The number of hydrogen-bond donors (Lipinski definition) is 1. The van der Waals surface area contributed by atoms with E-state index in [4.69, 9.17) is 10.5 Å². The van der Waals surface area contributed by atoms with E-state index in [9.17, 15) is 8.78 Å². The van der Waals surface area contributed by atoms with Crippen molar-refractivity contribution in [1.29, 1.82) is 0 Å². The average molecular weight is 291 g/mol. The molecule has 0 atom stereocenters. The van der Waals surface area contributed by atoms with Gasteiger partial charge in [0.15, 0.2) is 17.4 Å². The predicted octanol–water partition coefficient (Wildman–Crippen LogP) is 4.38. The van der Waals surface area contributed by atoms with Gasteiger partial charge < -0.3 is 10.5 Å². The molecule has 0 amide bonds. The molecular weight excluding hydrogens is 272 g/mol. The lowest BCUT2D eigenvalue weighted by atomic mass is 10.0. The molecule has 2 N–H and O–H groups in total. The Kier molecular flexibility index (Phi) is 4.91. The highest BCUT2D eigenvalue weighted by Gasteiger charge is 2.13. The van der Waals surface area contributed by atoms with Crippen LogP contribution in [0.2, 0.25) is 0 Å².